The minimum absolute atomic E-state index is 0.0927. The molecule has 3 heterocycles. The van der Waals surface area contributed by atoms with Crippen molar-refractivity contribution in [2.45, 2.75) is 6.54 Å². The number of rotatable bonds is 5. The number of aromatic nitrogens is 3. The molecule has 3 aromatic rings. The minimum atomic E-state index is -0.442. The molecule has 0 atom stereocenters. The summed E-state index contributed by atoms with van der Waals surface area (Å²) >= 11 is 1.47. The molecule has 1 aliphatic rings. The van der Waals surface area contributed by atoms with Crippen molar-refractivity contribution in [1.29, 1.82) is 0 Å². The third kappa shape index (κ3) is 3.76. The average molecular weight is 401 g/mol. The molecule has 1 aliphatic heterocycles. The Morgan fingerprint density at radius 1 is 1.25 bits per heavy atom. The van der Waals surface area contributed by atoms with Crippen LogP contribution < -0.4 is 4.74 Å². The van der Waals surface area contributed by atoms with E-state index in [2.05, 4.69) is 15.2 Å². The van der Waals surface area contributed by atoms with Gasteiger partial charge in [0.25, 0.3) is 5.91 Å². The molecule has 0 saturated carbocycles. The fourth-order valence-electron chi connectivity index (χ4n) is 3.26. The second-order valence-electron chi connectivity index (χ2n) is 6.50. The summed E-state index contributed by atoms with van der Waals surface area (Å²) in [6, 6.07) is 8.46. The molecule has 1 saturated heterocycles. The molecule has 0 spiro atoms. The van der Waals surface area contributed by atoms with Crippen LogP contribution >= 0.6 is 11.3 Å². The molecule has 4 rings (SSSR count). The summed E-state index contributed by atoms with van der Waals surface area (Å²) in [6.45, 7) is 3.51. The molecule has 1 aromatic carbocycles. The molecule has 0 N–H and O–H groups in total. The number of thiophene rings is 1. The number of amides is 1. The standard InChI is InChI=1S/C19H20FN5O2S/c1-27-17-5-4-14(11-16(17)20)25-15(12-21-22-25)13-23-6-8-24(9-7-23)19(26)18-3-2-10-28-18/h2-5,10-12H,6-9,13H2,1H3. The maximum absolute atomic E-state index is 14.0. The molecule has 7 nitrogen and oxygen atoms in total. The normalized spacial score (nSPS) is 15.0. The molecule has 0 aliphatic carbocycles. The van der Waals surface area contributed by atoms with Crippen LogP contribution in [-0.2, 0) is 6.54 Å². The van der Waals surface area contributed by atoms with Crippen molar-refractivity contribution in [3.05, 3.63) is 58.3 Å². The summed E-state index contributed by atoms with van der Waals surface area (Å²) < 4.78 is 20.6. The molecule has 9 heteroatoms. The number of benzene rings is 1. The van der Waals surface area contributed by atoms with Crippen LogP contribution in [0.1, 0.15) is 15.4 Å². The Morgan fingerprint density at radius 2 is 2.07 bits per heavy atom. The number of halogens is 1. The second kappa shape index (κ2) is 8.07. The van der Waals surface area contributed by atoms with Gasteiger partial charge >= 0.3 is 0 Å². The number of methoxy groups -OCH3 is 1. The molecule has 0 unspecified atom stereocenters. The third-order valence-electron chi connectivity index (χ3n) is 4.78. The van der Waals surface area contributed by atoms with Gasteiger partial charge in [-0.25, -0.2) is 9.07 Å². The average Bonchev–Trinajstić information content (AvgIpc) is 3.40. The van der Waals surface area contributed by atoms with Crippen LogP contribution in [0.3, 0.4) is 0 Å². The van der Waals surface area contributed by atoms with Gasteiger partial charge in [0.1, 0.15) is 0 Å². The maximum Gasteiger partial charge on any atom is 0.264 e. The van der Waals surface area contributed by atoms with Gasteiger partial charge in [0.05, 0.1) is 29.6 Å². The first kappa shape index (κ1) is 18.6. The summed E-state index contributed by atoms with van der Waals surface area (Å²) in [7, 11) is 1.43. The van der Waals surface area contributed by atoms with Gasteiger partial charge in [-0.05, 0) is 23.6 Å². The summed E-state index contributed by atoms with van der Waals surface area (Å²) in [6.07, 6.45) is 1.69. The topological polar surface area (TPSA) is 63.5 Å². The Morgan fingerprint density at radius 3 is 2.75 bits per heavy atom. The van der Waals surface area contributed by atoms with Gasteiger partial charge in [-0.3, -0.25) is 9.69 Å². The van der Waals surface area contributed by atoms with Gasteiger partial charge < -0.3 is 9.64 Å². The smallest absolute Gasteiger partial charge is 0.264 e. The zero-order valence-corrected chi connectivity index (χ0v) is 16.2. The lowest BCUT2D eigenvalue weighted by Crippen LogP contribution is -2.48. The van der Waals surface area contributed by atoms with Crippen molar-refractivity contribution in [3.63, 3.8) is 0 Å². The van der Waals surface area contributed by atoms with E-state index in [1.807, 2.05) is 22.4 Å². The van der Waals surface area contributed by atoms with Gasteiger partial charge in [0.2, 0.25) is 0 Å². The summed E-state index contributed by atoms with van der Waals surface area (Å²) in [5, 5.41) is 9.99. The highest BCUT2D eigenvalue weighted by atomic mass is 32.1. The summed E-state index contributed by atoms with van der Waals surface area (Å²) in [5.74, 6) is -0.158. The van der Waals surface area contributed by atoms with Crippen molar-refractivity contribution in [1.82, 2.24) is 24.8 Å². The van der Waals surface area contributed by atoms with E-state index in [0.29, 0.717) is 25.3 Å². The largest absolute Gasteiger partial charge is 0.494 e. The van der Waals surface area contributed by atoms with E-state index in [9.17, 15) is 9.18 Å². The fraction of sp³-hybridized carbons (Fsp3) is 0.316. The Kier molecular flexibility index (Phi) is 5.36. The Balaban J connectivity index is 1.41. The zero-order valence-electron chi connectivity index (χ0n) is 15.4. The Labute approximate surface area is 165 Å². The number of hydrogen-bond acceptors (Lipinski definition) is 6. The SMILES string of the molecule is COc1ccc(-n2nncc2CN2CCN(C(=O)c3cccs3)CC2)cc1F. The fourth-order valence-corrected chi connectivity index (χ4v) is 3.95. The predicted octanol–water partition coefficient (Wildman–Crippen LogP) is 2.43. The first-order valence-corrected chi connectivity index (χ1v) is 9.82. The number of ether oxygens (including phenoxy) is 1. The highest BCUT2D eigenvalue weighted by Gasteiger charge is 2.23. The van der Waals surface area contributed by atoms with Crippen molar-refractivity contribution >= 4 is 17.2 Å². The van der Waals surface area contributed by atoms with Gasteiger partial charge in [-0.15, -0.1) is 16.4 Å². The van der Waals surface area contributed by atoms with E-state index in [4.69, 9.17) is 4.74 Å². The van der Waals surface area contributed by atoms with E-state index in [0.717, 1.165) is 23.7 Å². The molecule has 0 radical (unpaired) electrons. The molecule has 1 amide bonds. The molecule has 28 heavy (non-hydrogen) atoms. The van der Waals surface area contributed by atoms with Crippen LogP contribution in [0.15, 0.2) is 41.9 Å². The molecule has 146 valence electrons. The zero-order chi connectivity index (χ0) is 19.5. The lowest BCUT2D eigenvalue weighted by Gasteiger charge is -2.34. The molecular formula is C19H20FN5O2S. The Hall–Kier alpha value is -2.78. The van der Waals surface area contributed by atoms with Crippen LogP contribution in [-0.4, -0.2) is 64.0 Å². The third-order valence-corrected chi connectivity index (χ3v) is 5.63. The quantitative estimate of drug-likeness (QED) is 0.657. The van der Waals surface area contributed by atoms with E-state index in [1.165, 1.54) is 24.5 Å². The number of nitrogens with zero attached hydrogens (tertiary/aromatic N) is 5. The van der Waals surface area contributed by atoms with Crippen molar-refractivity contribution in [3.8, 4) is 11.4 Å². The molecule has 1 fully saturated rings. The first-order valence-electron chi connectivity index (χ1n) is 8.94. The van der Waals surface area contributed by atoms with Crippen LogP contribution in [0.5, 0.6) is 5.75 Å². The summed E-state index contributed by atoms with van der Waals surface area (Å²) in [4.78, 5) is 17.4. The number of piperazine rings is 1. The van der Waals surface area contributed by atoms with Gasteiger partial charge in [0.15, 0.2) is 11.6 Å². The highest BCUT2D eigenvalue weighted by molar-refractivity contribution is 7.12. The van der Waals surface area contributed by atoms with Crippen LogP contribution in [0.25, 0.3) is 5.69 Å². The van der Waals surface area contributed by atoms with Gasteiger partial charge in [-0.2, -0.15) is 0 Å². The highest BCUT2D eigenvalue weighted by Crippen LogP contribution is 2.21. The van der Waals surface area contributed by atoms with E-state index in [-0.39, 0.29) is 11.7 Å². The van der Waals surface area contributed by atoms with Gasteiger partial charge in [0, 0.05) is 38.8 Å². The predicted molar refractivity (Wildman–Crippen MR) is 103 cm³/mol. The number of carbonyl (C=O) groups is 1. The minimum Gasteiger partial charge on any atom is -0.494 e. The Bertz CT molecular complexity index is 951. The van der Waals surface area contributed by atoms with E-state index < -0.39 is 5.82 Å². The van der Waals surface area contributed by atoms with Crippen molar-refractivity contribution < 1.29 is 13.9 Å². The molecule has 0 bridgehead atoms. The van der Waals surface area contributed by atoms with Crippen molar-refractivity contribution in [2.75, 3.05) is 33.3 Å². The van der Waals surface area contributed by atoms with Crippen LogP contribution in [0.2, 0.25) is 0 Å². The van der Waals surface area contributed by atoms with E-state index in [1.54, 1.807) is 23.0 Å². The monoisotopic (exact) mass is 401 g/mol. The van der Waals surface area contributed by atoms with Gasteiger partial charge in [-0.1, -0.05) is 11.3 Å². The molecular weight excluding hydrogens is 381 g/mol. The van der Waals surface area contributed by atoms with E-state index >= 15 is 0 Å². The lowest BCUT2D eigenvalue weighted by atomic mass is 10.2. The molecule has 2 aromatic heterocycles. The summed E-state index contributed by atoms with van der Waals surface area (Å²) in [5.41, 5.74) is 1.46. The van der Waals surface area contributed by atoms with Crippen LogP contribution in [0.4, 0.5) is 4.39 Å². The maximum atomic E-state index is 14.0. The second-order valence-corrected chi connectivity index (χ2v) is 7.45. The first-order chi connectivity index (χ1) is 13.7. The number of carbonyl (C=O) groups excluding carboxylic acids is 1. The number of hydrogen-bond donors (Lipinski definition) is 0. The van der Waals surface area contributed by atoms with Crippen molar-refractivity contribution in [2.24, 2.45) is 0 Å². The van der Waals surface area contributed by atoms with Crippen LogP contribution in [0, 0.1) is 5.82 Å². The lowest BCUT2D eigenvalue weighted by molar-refractivity contribution is 0.0631.